The minimum Gasteiger partial charge on any atom is -0.507 e. The third kappa shape index (κ3) is 4.64. The lowest BCUT2D eigenvalue weighted by Gasteiger charge is -2.10. The van der Waals surface area contributed by atoms with Crippen LogP contribution in [0.4, 0.5) is 0 Å². The zero-order valence-electron chi connectivity index (χ0n) is 11.8. The number of nitrogens with one attached hydrogen (secondary N) is 2. The molecule has 3 N–H and O–H groups in total. The summed E-state index contributed by atoms with van der Waals surface area (Å²) in [4.78, 5) is 27.2. The van der Waals surface area contributed by atoms with Crippen LogP contribution in [-0.2, 0) is 4.79 Å². The number of phenolic OH excluding ortho intramolecular Hbond substituents is 1. The molecule has 0 bridgehead atoms. The highest BCUT2D eigenvalue weighted by Gasteiger charge is 2.13. The third-order valence-electron chi connectivity index (χ3n) is 2.66. The van der Waals surface area contributed by atoms with Crippen LogP contribution >= 0.6 is 34.8 Å². The Morgan fingerprint density at radius 1 is 1.12 bits per heavy atom. The Bertz CT molecular complexity index is 786. The zero-order chi connectivity index (χ0) is 17.7. The average molecular weight is 391 g/mol. The van der Waals surface area contributed by atoms with E-state index in [4.69, 9.17) is 39.5 Å². The molecule has 0 aliphatic carbocycles. The molecule has 0 saturated heterocycles. The van der Waals surface area contributed by atoms with Crippen LogP contribution in [0.15, 0.2) is 30.3 Å². The lowest BCUT2D eigenvalue weighted by atomic mass is 10.2. The number of aromatic hydroxyl groups is 1. The molecule has 0 spiro atoms. The van der Waals surface area contributed by atoms with Crippen molar-refractivity contribution in [1.82, 2.24) is 15.8 Å². The summed E-state index contributed by atoms with van der Waals surface area (Å²) in [6.45, 7) is -0.480. The smallest absolute Gasteiger partial charge is 0.276 e. The SMILES string of the molecule is O=C(COc1nc(Cl)c(Cl)cc1Cl)NNC(=O)c1ccccc1O. The van der Waals surface area contributed by atoms with E-state index in [0.29, 0.717) is 0 Å². The maximum Gasteiger partial charge on any atom is 0.276 e. The molecule has 0 aliphatic rings. The summed E-state index contributed by atoms with van der Waals surface area (Å²) in [7, 11) is 0. The monoisotopic (exact) mass is 389 g/mol. The van der Waals surface area contributed by atoms with Crippen LogP contribution in [-0.4, -0.2) is 28.5 Å². The predicted octanol–water partition coefficient (Wildman–Crippen LogP) is 2.59. The summed E-state index contributed by atoms with van der Waals surface area (Å²) in [6, 6.07) is 7.19. The van der Waals surface area contributed by atoms with Crippen molar-refractivity contribution in [2.24, 2.45) is 0 Å². The highest BCUT2D eigenvalue weighted by molar-refractivity contribution is 6.42. The number of aromatic nitrogens is 1. The van der Waals surface area contributed by atoms with Crippen LogP contribution in [0.2, 0.25) is 15.2 Å². The van der Waals surface area contributed by atoms with E-state index in [1.165, 1.54) is 18.2 Å². The summed E-state index contributed by atoms with van der Waals surface area (Å²) in [5.41, 5.74) is 4.26. The minimum atomic E-state index is -0.688. The van der Waals surface area contributed by atoms with Gasteiger partial charge in [-0.1, -0.05) is 46.9 Å². The Labute approximate surface area is 151 Å². The van der Waals surface area contributed by atoms with Gasteiger partial charge >= 0.3 is 0 Å². The molecular formula is C14H10Cl3N3O4. The maximum atomic E-state index is 11.8. The van der Waals surface area contributed by atoms with Gasteiger partial charge in [0.15, 0.2) is 11.8 Å². The van der Waals surface area contributed by atoms with Gasteiger partial charge in [0.25, 0.3) is 11.8 Å². The molecule has 0 atom stereocenters. The quantitative estimate of drug-likeness (QED) is 0.550. The number of nitrogens with zero attached hydrogens (tertiary/aromatic N) is 1. The summed E-state index contributed by atoms with van der Waals surface area (Å²) in [5.74, 6) is -1.66. The van der Waals surface area contributed by atoms with Crippen molar-refractivity contribution in [1.29, 1.82) is 0 Å². The lowest BCUT2D eigenvalue weighted by molar-refractivity contribution is -0.123. The fourth-order valence-electron chi connectivity index (χ4n) is 1.56. The summed E-state index contributed by atoms with van der Waals surface area (Å²) < 4.78 is 5.10. The highest BCUT2D eigenvalue weighted by atomic mass is 35.5. The van der Waals surface area contributed by atoms with Crippen molar-refractivity contribution in [3.05, 3.63) is 51.1 Å². The number of halogens is 3. The Morgan fingerprint density at radius 2 is 1.83 bits per heavy atom. The van der Waals surface area contributed by atoms with Gasteiger partial charge in [0, 0.05) is 0 Å². The summed E-state index contributed by atoms with van der Waals surface area (Å²) >= 11 is 17.3. The number of para-hydroxylation sites is 1. The molecule has 2 aromatic rings. The first kappa shape index (κ1) is 18.1. The largest absolute Gasteiger partial charge is 0.507 e. The standard InChI is InChI=1S/C14H10Cl3N3O4/c15-8-5-9(16)14(18-12(8)17)24-6-11(22)19-20-13(23)7-3-1-2-4-10(7)21/h1-5,21H,6H2,(H,19,22)(H,20,23). The number of hydrazine groups is 1. The zero-order valence-corrected chi connectivity index (χ0v) is 14.1. The van der Waals surface area contributed by atoms with Gasteiger partial charge in [-0.15, -0.1) is 0 Å². The van der Waals surface area contributed by atoms with Crippen molar-refractivity contribution >= 4 is 46.6 Å². The predicted molar refractivity (Wildman–Crippen MR) is 88.5 cm³/mol. The highest BCUT2D eigenvalue weighted by Crippen LogP contribution is 2.30. The van der Waals surface area contributed by atoms with Crippen LogP contribution in [0.5, 0.6) is 11.6 Å². The van der Waals surface area contributed by atoms with E-state index in [0.717, 1.165) is 0 Å². The number of hydrogen-bond donors (Lipinski definition) is 3. The van der Waals surface area contributed by atoms with Crippen molar-refractivity contribution < 1.29 is 19.4 Å². The van der Waals surface area contributed by atoms with E-state index in [1.807, 2.05) is 0 Å². The van der Waals surface area contributed by atoms with E-state index in [-0.39, 0.29) is 32.4 Å². The van der Waals surface area contributed by atoms with Crippen molar-refractivity contribution in [3.63, 3.8) is 0 Å². The van der Waals surface area contributed by atoms with Crippen LogP contribution in [0, 0.1) is 0 Å². The van der Waals surface area contributed by atoms with Crippen LogP contribution in [0.25, 0.3) is 0 Å². The molecule has 2 amide bonds. The molecule has 2 rings (SSSR count). The second-order valence-corrected chi connectivity index (χ2v) is 5.53. The minimum absolute atomic E-state index is 0.00733. The van der Waals surface area contributed by atoms with E-state index >= 15 is 0 Å². The van der Waals surface area contributed by atoms with Gasteiger partial charge in [0.1, 0.15) is 10.8 Å². The molecule has 7 nitrogen and oxygen atoms in total. The van der Waals surface area contributed by atoms with Gasteiger partial charge in [-0.3, -0.25) is 20.4 Å². The van der Waals surface area contributed by atoms with Crippen molar-refractivity contribution in [2.75, 3.05) is 6.61 Å². The Morgan fingerprint density at radius 3 is 2.54 bits per heavy atom. The van der Waals surface area contributed by atoms with Gasteiger partial charge in [-0.2, -0.15) is 4.98 Å². The molecule has 1 aromatic heterocycles. The summed E-state index contributed by atoms with van der Waals surface area (Å²) in [6.07, 6.45) is 0. The number of ether oxygens (including phenoxy) is 1. The molecule has 1 heterocycles. The number of carbonyl (C=O) groups excluding carboxylic acids is 2. The van der Waals surface area contributed by atoms with E-state index in [1.54, 1.807) is 12.1 Å². The Kier molecular flexibility index (Phi) is 6.08. The van der Waals surface area contributed by atoms with E-state index in [2.05, 4.69) is 15.8 Å². The van der Waals surface area contributed by atoms with Crippen LogP contribution in [0.3, 0.4) is 0 Å². The van der Waals surface area contributed by atoms with Gasteiger partial charge < -0.3 is 9.84 Å². The number of hydrogen-bond acceptors (Lipinski definition) is 5. The van der Waals surface area contributed by atoms with Crippen LogP contribution < -0.4 is 15.6 Å². The molecule has 1 aromatic carbocycles. The molecular weight excluding hydrogens is 381 g/mol. The topological polar surface area (TPSA) is 101 Å². The van der Waals surface area contributed by atoms with Crippen molar-refractivity contribution in [2.45, 2.75) is 0 Å². The van der Waals surface area contributed by atoms with Crippen molar-refractivity contribution in [3.8, 4) is 11.6 Å². The average Bonchev–Trinajstić information content (AvgIpc) is 2.55. The normalized spacial score (nSPS) is 10.1. The van der Waals surface area contributed by atoms with E-state index in [9.17, 15) is 14.7 Å². The molecule has 0 fully saturated rings. The summed E-state index contributed by atoms with van der Waals surface area (Å²) in [5, 5.41) is 9.73. The molecule has 126 valence electrons. The number of phenols is 1. The third-order valence-corrected chi connectivity index (χ3v) is 3.60. The van der Waals surface area contributed by atoms with Gasteiger partial charge in [-0.25, -0.2) is 0 Å². The first-order valence-corrected chi connectivity index (χ1v) is 7.53. The van der Waals surface area contributed by atoms with Crippen LogP contribution in [0.1, 0.15) is 10.4 Å². The second-order valence-electron chi connectivity index (χ2n) is 4.36. The number of carbonyl (C=O) groups is 2. The van der Waals surface area contributed by atoms with Gasteiger partial charge in [0.2, 0.25) is 5.88 Å². The molecule has 10 heteroatoms. The fourth-order valence-corrected chi connectivity index (χ4v) is 2.10. The number of amides is 2. The fraction of sp³-hybridized carbons (Fsp3) is 0.0714. The van der Waals surface area contributed by atoms with Gasteiger partial charge in [0.05, 0.1) is 10.6 Å². The number of rotatable bonds is 4. The Hall–Kier alpha value is -2.22. The first-order valence-electron chi connectivity index (χ1n) is 6.40. The molecule has 0 aliphatic heterocycles. The number of benzene rings is 1. The molecule has 24 heavy (non-hydrogen) atoms. The molecule has 0 radical (unpaired) electrons. The van der Waals surface area contributed by atoms with Gasteiger partial charge in [-0.05, 0) is 18.2 Å². The Balaban J connectivity index is 1.87. The molecule has 0 unspecified atom stereocenters. The number of pyridine rings is 1. The molecule has 0 saturated carbocycles. The maximum absolute atomic E-state index is 11.8. The lowest BCUT2D eigenvalue weighted by Crippen LogP contribution is -2.43. The van der Waals surface area contributed by atoms with E-state index < -0.39 is 18.4 Å². The first-order chi connectivity index (χ1) is 11.4. The second kappa shape index (κ2) is 8.05.